The van der Waals surface area contributed by atoms with E-state index in [1.807, 2.05) is 19.9 Å². The molecule has 0 saturated carbocycles. The van der Waals surface area contributed by atoms with Crippen molar-refractivity contribution in [2.24, 2.45) is 4.99 Å². The normalized spacial score (nSPS) is 14.6. The maximum absolute atomic E-state index is 12.1. The van der Waals surface area contributed by atoms with Crippen molar-refractivity contribution in [3.63, 3.8) is 0 Å². The van der Waals surface area contributed by atoms with Crippen LogP contribution in [-0.4, -0.2) is 39.6 Å². The largest absolute Gasteiger partial charge is 0.274 e. The van der Waals surface area contributed by atoms with Crippen LogP contribution in [-0.2, 0) is 4.79 Å². The van der Waals surface area contributed by atoms with E-state index in [0.717, 1.165) is 11.4 Å². The highest BCUT2D eigenvalue weighted by Crippen LogP contribution is 2.21. The van der Waals surface area contributed by atoms with E-state index in [-0.39, 0.29) is 9.52 Å². The zero-order valence-corrected chi connectivity index (χ0v) is 12.6. The number of hydrogen-bond acceptors (Lipinski definition) is 3. The van der Waals surface area contributed by atoms with Gasteiger partial charge in [0.2, 0.25) is 5.96 Å². The summed E-state index contributed by atoms with van der Waals surface area (Å²) in [6.45, 7) is 4.66. The van der Waals surface area contributed by atoms with E-state index in [0.29, 0.717) is 19.0 Å². The van der Waals surface area contributed by atoms with Crippen molar-refractivity contribution in [2.45, 2.75) is 13.8 Å². The van der Waals surface area contributed by atoms with Crippen molar-refractivity contribution in [3.8, 4) is 0 Å². The number of rotatable bonds is 1. The Morgan fingerprint density at radius 1 is 1.32 bits per heavy atom. The van der Waals surface area contributed by atoms with E-state index < -0.39 is 5.91 Å². The van der Waals surface area contributed by atoms with Crippen LogP contribution in [0.4, 0.5) is 0 Å². The molecule has 0 bridgehead atoms. The third kappa shape index (κ3) is 2.78. The molecular weight excluding hydrogens is 311 g/mol. The third-order valence-electron chi connectivity index (χ3n) is 2.62. The lowest BCUT2D eigenvalue weighted by atomic mass is 10.4. The Kier molecular flexibility index (Phi) is 4.18. The van der Waals surface area contributed by atoms with Crippen molar-refractivity contribution in [2.75, 3.05) is 13.1 Å². The Bertz CT molecular complexity index is 587. The first-order chi connectivity index (χ1) is 8.91. The topological polar surface area (TPSA) is 50.5 Å². The van der Waals surface area contributed by atoms with Gasteiger partial charge in [0.25, 0.3) is 5.91 Å². The van der Waals surface area contributed by atoms with Gasteiger partial charge in [0.05, 0.1) is 12.2 Å². The van der Waals surface area contributed by atoms with Gasteiger partial charge >= 0.3 is 0 Å². The second-order valence-corrected chi connectivity index (χ2v) is 5.38. The number of halogens is 3. The molecule has 2 heterocycles. The maximum atomic E-state index is 12.1. The number of carbonyl (C=O) groups is 1. The summed E-state index contributed by atoms with van der Waals surface area (Å²) in [5, 5.41) is 4.07. The van der Waals surface area contributed by atoms with Gasteiger partial charge in [-0.3, -0.25) is 9.69 Å². The number of hydrogen-bond donors (Lipinski definition) is 0. The molecule has 0 fully saturated rings. The molecule has 8 heteroatoms. The predicted octanol–water partition coefficient (Wildman–Crippen LogP) is 2.43. The van der Waals surface area contributed by atoms with Crippen LogP contribution in [0.15, 0.2) is 20.6 Å². The first-order valence-corrected chi connectivity index (χ1v) is 6.66. The minimum Gasteiger partial charge on any atom is -0.274 e. The molecule has 0 atom stereocenters. The monoisotopic (exact) mass is 320 g/mol. The summed E-state index contributed by atoms with van der Waals surface area (Å²) in [4.78, 5) is 17.8. The molecule has 1 aliphatic rings. The molecule has 5 nitrogen and oxygen atoms in total. The van der Waals surface area contributed by atoms with Gasteiger partial charge < -0.3 is 0 Å². The fraction of sp³-hybridized carbons (Fsp3) is 0.364. The van der Waals surface area contributed by atoms with Gasteiger partial charge in [-0.1, -0.05) is 34.8 Å². The highest BCUT2D eigenvalue weighted by Gasteiger charge is 2.29. The van der Waals surface area contributed by atoms with E-state index >= 15 is 0 Å². The molecular formula is C11H11Cl3N4O. The lowest BCUT2D eigenvalue weighted by Gasteiger charge is -2.18. The Balaban J connectivity index is 2.35. The minimum atomic E-state index is -0.481. The smallest absolute Gasteiger partial charge is 0.274 e. The molecule has 1 amide bonds. The molecule has 19 heavy (non-hydrogen) atoms. The Morgan fingerprint density at radius 3 is 2.53 bits per heavy atom. The van der Waals surface area contributed by atoms with Crippen LogP contribution in [0, 0.1) is 13.8 Å². The summed E-state index contributed by atoms with van der Waals surface area (Å²) in [5.41, 5.74) is 1.73. The molecule has 0 saturated heterocycles. The number of amides is 1. The van der Waals surface area contributed by atoms with E-state index in [9.17, 15) is 4.79 Å². The van der Waals surface area contributed by atoms with Crippen LogP contribution >= 0.6 is 34.8 Å². The quantitative estimate of drug-likeness (QED) is 0.746. The Hall–Kier alpha value is -1.04. The van der Waals surface area contributed by atoms with Crippen LogP contribution in [0.3, 0.4) is 0 Å². The molecule has 0 unspecified atom stereocenters. The molecule has 1 aromatic heterocycles. The van der Waals surface area contributed by atoms with Crippen LogP contribution in [0.5, 0.6) is 0 Å². The van der Waals surface area contributed by atoms with Crippen LogP contribution in [0.25, 0.3) is 0 Å². The first kappa shape index (κ1) is 14.4. The summed E-state index contributed by atoms with van der Waals surface area (Å²) < 4.78 is 1.35. The number of aliphatic imine (C=N–C) groups is 1. The van der Waals surface area contributed by atoms with E-state index in [1.165, 1.54) is 4.90 Å². The minimum absolute atomic E-state index is 0.223. The highest BCUT2D eigenvalue weighted by atomic mass is 35.5. The van der Waals surface area contributed by atoms with Gasteiger partial charge in [-0.25, -0.2) is 9.67 Å². The summed E-state index contributed by atoms with van der Waals surface area (Å²) in [6.07, 6.45) is 0. The lowest BCUT2D eigenvalue weighted by Crippen LogP contribution is -2.39. The summed E-state index contributed by atoms with van der Waals surface area (Å²) in [7, 11) is 0. The molecule has 2 rings (SSSR count). The van der Waals surface area contributed by atoms with E-state index in [2.05, 4.69) is 10.1 Å². The molecule has 0 aliphatic carbocycles. The zero-order valence-electron chi connectivity index (χ0n) is 10.3. The van der Waals surface area contributed by atoms with Crippen LogP contribution in [0.2, 0.25) is 0 Å². The summed E-state index contributed by atoms with van der Waals surface area (Å²) in [6, 6.07) is 1.90. The van der Waals surface area contributed by atoms with Crippen molar-refractivity contribution in [1.29, 1.82) is 0 Å². The fourth-order valence-electron chi connectivity index (χ4n) is 1.84. The molecule has 0 radical (unpaired) electrons. The molecule has 0 aromatic carbocycles. The molecule has 0 spiro atoms. The van der Waals surface area contributed by atoms with Gasteiger partial charge in [-0.05, 0) is 19.9 Å². The summed E-state index contributed by atoms with van der Waals surface area (Å²) in [5.74, 6) is -0.0474. The second-order valence-electron chi connectivity index (χ2n) is 4.05. The molecule has 1 aliphatic heterocycles. The van der Waals surface area contributed by atoms with Gasteiger partial charge in [0.1, 0.15) is 9.52 Å². The van der Waals surface area contributed by atoms with Gasteiger partial charge in [-0.15, -0.1) is 0 Å². The number of carbonyl (C=O) groups excluding carboxylic acids is 1. The number of nitrogens with zero attached hydrogens (tertiary/aromatic N) is 4. The molecule has 1 aromatic rings. The second kappa shape index (κ2) is 5.53. The van der Waals surface area contributed by atoms with Crippen molar-refractivity contribution in [3.05, 3.63) is 27.0 Å². The number of aromatic nitrogens is 2. The molecule has 102 valence electrons. The van der Waals surface area contributed by atoms with Crippen molar-refractivity contribution in [1.82, 2.24) is 14.7 Å². The Morgan fingerprint density at radius 2 is 2.00 bits per heavy atom. The average molecular weight is 322 g/mol. The first-order valence-electron chi connectivity index (χ1n) is 5.52. The lowest BCUT2D eigenvalue weighted by molar-refractivity contribution is -0.122. The Labute approximate surface area is 125 Å². The highest BCUT2D eigenvalue weighted by molar-refractivity contribution is 6.62. The van der Waals surface area contributed by atoms with Crippen molar-refractivity contribution >= 4 is 46.7 Å². The van der Waals surface area contributed by atoms with E-state index in [4.69, 9.17) is 34.8 Å². The fourth-order valence-corrected chi connectivity index (χ4v) is 2.10. The van der Waals surface area contributed by atoms with Gasteiger partial charge in [0, 0.05) is 12.2 Å². The SMILES string of the molecule is Cc1cc(C)n(C2=NCCN2C(=O)C(Cl)=C(Cl)Cl)n1. The average Bonchev–Trinajstić information content (AvgIpc) is 2.93. The van der Waals surface area contributed by atoms with Gasteiger partial charge in [0.15, 0.2) is 0 Å². The molecule has 0 N–H and O–H groups in total. The third-order valence-corrected chi connectivity index (χ3v) is 3.54. The standard InChI is InChI=1S/C11H11Cl3N4O/c1-6-5-7(2)18(16-6)11-15-3-4-17(11)10(19)8(12)9(13)14/h5H,3-4H2,1-2H3. The summed E-state index contributed by atoms with van der Waals surface area (Å²) >= 11 is 16.9. The maximum Gasteiger partial charge on any atom is 0.274 e. The van der Waals surface area contributed by atoms with E-state index in [1.54, 1.807) is 4.68 Å². The van der Waals surface area contributed by atoms with Crippen LogP contribution < -0.4 is 0 Å². The van der Waals surface area contributed by atoms with Gasteiger partial charge in [-0.2, -0.15) is 5.10 Å². The zero-order chi connectivity index (χ0) is 14.2. The van der Waals surface area contributed by atoms with Crippen molar-refractivity contribution < 1.29 is 4.79 Å². The van der Waals surface area contributed by atoms with Crippen LogP contribution in [0.1, 0.15) is 11.4 Å². The predicted molar refractivity (Wildman–Crippen MR) is 75.7 cm³/mol. The number of aryl methyl sites for hydroxylation is 2.